The van der Waals surface area contributed by atoms with Gasteiger partial charge in [-0.25, -0.2) is 0 Å². The Morgan fingerprint density at radius 3 is 2.92 bits per heavy atom. The van der Waals surface area contributed by atoms with Crippen LogP contribution in [0.1, 0.15) is 18.4 Å². The van der Waals surface area contributed by atoms with Crippen molar-refractivity contribution in [1.29, 1.82) is 0 Å². The van der Waals surface area contributed by atoms with Crippen LogP contribution in [0, 0.1) is 0 Å². The molecular weight excluding hydrogens is 310 g/mol. The Balaban J connectivity index is 1.64. The number of rotatable bonds is 6. The van der Waals surface area contributed by atoms with Crippen LogP contribution in [0.4, 0.5) is 0 Å². The van der Waals surface area contributed by atoms with Gasteiger partial charge in [-0.3, -0.25) is 9.59 Å². The van der Waals surface area contributed by atoms with Crippen molar-refractivity contribution in [3.8, 4) is 11.5 Å². The van der Waals surface area contributed by atoms with Crippen molar-refractivity contribution < 1.29 is 19.1 Å². The number of amides is 2. The first-order chi connectivity index (χ1) is 11.5. The highest BCUT2D eigenvalue weighted by molar-refractivity contribution is 5.90. The summed E-state index contributed by atoms with van der Waals surface area (Å²) in [5.74, 6) is 1.33. The summed E-state index contributed by atoms with van der Waals surface area (Å²) in [5, 5.41) is 2.91. The molecule has 2 aliphatic heterocycles. The van der Waals surface area contributed by atoms with Crippen LogP contribution in [0.3, 0.4) is 0 Å². The van der Waals surface area contributed by atoms with Crippen LogP contribution >= 0.6 is 0 Å². The first-order valence-corrected chi connectivity index (χ1v) is 8.15. The summed E-state index contributed by atoms with van der Waals surface area (Å²) in [6, 6.07) is 5.21. The molecule has 2 amide bonds. The Labute approximate surface area is 141 Å². The molecule has 1 atom stereocenters. The molecule has 24 heavy (non-hydrogen) atoms. The van der Waals surface area contributed by atoms with Crippen molar-refractivity contribution in [2.75, 3.05) is 34.0 Å². The average Bonchev–Trinajstić information content (AvgIpc) is 3.14. The van der Waals surface area contributed by atoms with Crippen molar-refractivity contribution in [2.45, 2.75) is 25.4 Å². The molecule has 0 aromatic heterocycles. The zero-order valence-electron chi connectivity index (χ0n) is 14.1. The molecule has 0 radical (unpaired) electrons. The van der Waals surface area contributed by atoms with E-state index in [9.17, 15) is 9.59 Å². The molecule has 1 aromatic rings. The molecule has 0 saturated carbocycles. The van der Waals surface area contributed by atoms with E-state index in [4.69, 9.17) is 9.47 Å². The van der Waals surface area contributed by atoms with Gasteiger partial charge in [-0.15, -0.1) is 0 Å². The van der Waals surface area contributed by atoms with E-state index in [0.29, 0.717) is 37.4 Å². The normalized spacial score (nSPS) is 19.2. The number of nitrogens with zero attached hydrogens (tertiary/aromatic N) is 2. The van der Waals surface area contributed by atoms with E-state index in [-0.39, 0.29) is 18.6 Å². The van der Waals surface area contributed by atoms with Crippen LogP contribution in [-0.4, -0.2) is 61.6 Å². The smallest absolute Gasteiger partial charge is 0.242 e. The summed E-state index contributed by atoms with van der Waals surface area (Å²) < 4.78 is 10.7. The van der Waals surface area contributed by atoms with Gasteiger partial charge in [-0.1, -0.05) is 6.07 Å². The van der Waals surface area contributed by atoms with Crippen LogP contribution in [0.25, 0.3) is 0 Å². The second kappa shape index (κ2) is 7.09. The van der Waals surface area contributed by atoms with Crippen LogP contribution in [0.2, 0.25) is 0 Å². The highest BCUT2D eigenvalue weighted by Gasteiger charge is 2.35. The second-order valence-corrected chi connectivity index (χ2v) is 6.36. The van der Waals surface area contributed by atoms with Crippen LogP contribution in [0.5, 0.6) is 11.5 Å². The van der Waals surface area contributed by atoms with Crippen LogP contribution in [-0.2, 0) is 16.1 Å². The van der Waals surface area contributed by atoms with Crippen molar-refractivity contribution in [3.05, 3.63) is 23.8 Å². The van der Waals surface area contributed by atoms with Crippen molar-refractivity contribution in [1.82, 2.24) is 15.1 Å². The Morgan fingerprint density at radius 1 is 1.33 bits per heavy atom. The molecule has 1 N–H and O–H groups in total. The molecule has 3 rings (SSSR count). The van der Waals surface area contributed by atoms with Crippen molar-refractivity contribution >= 4 is 11.8 Å². The fourth-order valence-corrected chi connectivity index (χ4v) is 2.96. The van der Waals surface area contributed by atoms with E-state index < -0.39 is 6.04 Å². The summed E-state index contributed by atoms with van der Waals surface area (Å²) >= 11 is 0. The lowest BCUT2D eigenvalue weighted by Gasteiger charge is -2.24. The van der Waals surface area contributed by atoms with E-state index in [1.165, 1.54) is 0 Å². The Morgan fingerprint density at radius 2 is 2.12 bits per heavy atom. The molecule has 0 bridgehead atoms. The fraction of sp³-hybridized carbons (Fsp3) is 0.529. The highest BCUT2D eigenvalue weighted by atomic mass is 16.7. The third kappa shape index (κ3) is 3.62. The molecule has 130 valence electrons. The van der Waals surface area contributed by atoms with Gasteiger partial charge in [0.2, 0.25) is 18.6 Å². The molecule has 0 unspecified atom stereocenters. The first kappa shape index (κ1) is 16.6. The number of nitrogens with one attached hydrogen (secondary N) is 1. The summed E-state index contributed by atoms with van der Waals surface area (Å²) in [4.78, 5) is 28.2. The largest absolute Gasteiger partial charge is 0.454 e. The average molecular weight is 333 g/mol. The van der Waals surface area contributed by atoms with Gasteiger partial charge in [0.1, 0.15) is 6.04 Å². The monoisotopic (exact) mass is 333 g/mol. The number of fused-ring (bicyclic) bond motifs is 1. The van der Waals surface area contributed by atoms with Crippen molar-refractivity contribution in [3.63, 3.8) is 0 Å². The standard InChI is InChI=1S/C17H23N3O4/c1-19(2)8-7-18-17(22)13-4-6-16(21)20(13)10-12-3-5-14-15(9-12)24-11-23-14/h3,5,9,13H,4,6-8,10-11H2,1-2H3,(H,18,22)/t13-/m1/s1. The van der Waals surface area contributed by atoms with Crippen LogP contribution < -0.4 is 14.8 Å². The van der Waals surface area contributed by atoms with Gasteiger partial charge in [0.15, 0.2) is 11.5 Å². The maximum Gasteiger partial charge on any atom is 0.242 e. The molecular formula is C17H23N3O4. The molecule has 0 aliphatic carbocycles. The second-order valence-electron chi connectivity index (χ2n) is 6.36. The number of hydrogen-bond acceptors (Lipinski definition) is 5. The SMILES string of the molecule is CN(C)CCNC(=O)[C@H]1CCC(=O)N1Cc1ccc2c(c1)OCO2. The minimum absolute atomic E-state index is 0.0143. The number of likely N-dealkylation sites (N-methyl/N-ethyl adjacent to an activating group) is 1. The van der Waals surface area contributed by atoms with Gasteiger partial charge in [-0.2, -0.15) is 0 Å². The number of benzene rings is 1. The van der Waals surface area contributed by atoms with Gasteiger partial charge in [0.25, 0.3) is 0 Å². The van der Waals surface area contributed by atoms with Crippen LogP contribution in [0.15, 0.2) is 18.2 Å². The number of hydrogen-bond donors (Lipinski definition) is 1. The number of carbonyl (C=O) groups is 2. The molecule has 7 heteroatoms. The number of carbonyl (C=O) groups excluding carboxylic acids is 2. The lowest BCUT2D eigenvalue weighted by Crippen LogP contribution is -2.45. The molecule has 7 nitrogen and oxygen atoms in total. The Hall–Kier alpha value is -2.28. The molecule has 1 fully saturated rings. The maximum absolute atomic E-state index is 12.4. The van der Waals surface area contributed by atoms with E-state index in [1.54, 1.807) is 4.90 Å². The molecule has 1 saturated heterocycles. The molecule has 0 spiro atoms. The minimum atomic E-state index is -0.398. The summed E-state index contributed by atoms with van der Waals surface area (Å²) in [6.07, 6.45) is 0.980. The number of likely N-dealkylation sites (tertiary alicyclic amines) is 1. The molecule has 1 aromatic carbocycles. The minimum Gasteiger partial charge on any atom is -0.454 e. The predicted molar refractivity (Wildman–Crippen MR) is 87.7 cm³/mol. The zero-order chi connectivity index (χ0) is 17.1. The fourth-order valence-electron chi connectivity index (χ4n) is 2.96. The lowest BCUT2D eigenvalue weighted by molar-refractivity contribution is -0.135. The van der Waals surface area contributed by atoms with Gasteiger partial charge in [-0.05, 0) is 38.2 Å². The van der Waals surface area contributed by atoms with Gasteiger partial charge < -0.3 is 24.6 Å². The van der Waals surface area contributed by atoms with E-state index >= 15 is 0 Å². The third-order valence-corrected chi connectivity index (χ3v) is 4.28. The Kier molecular flexibility index (Phi) is 4.89. The third-order valence-electron chi connectivity index (χ3n) is 4.28. The molecule has 2 heterocycles. The number of ether oxygens (including phenoxy) is 2. The quantitative estimate of drug-likeness (QED) is 0.825. The van der Waals surface area contributed by atoms with Gasteiger partial charge >= 0.3 is 0 Å². The van der Waals surface area contributed by atoms with Crippen molar-refractivity contribution in [2.24, 2.45) is 0 Å². The van der Waals surface area contributed by atoms with Gasteiger partial charge in [0, 0.05) is 26.1 Å². The van der Waals surface area contributed by atoms with Gasteiger partial charge in [0.05, 0.1) is 0 Å². The lowest BCUT2D eigenvalue weighted by atomic mass is 10.1. The highest BCUT2D eigenvalue weighted by Crippen LogP contribution is 2.33. The summed E-state index contributed by atoms with van der Waals surface area (Å²) in [5.41, 5.74) is 0.931. The Bertz CT molecular complexity index is 632. The van der Waals surface area contributed by atoms with E-state index in [0.717, 1.165) is 12.1 Å². The first-order valence-electron chi connectivity index (χ1n) is 8.15. The molecule has 2 aliphatic rings. The summed E-state index contributed by atoms with van der Waals surface area (Å²) in [7, 11) is 3.91. The predicted octanol–water partition coefficient (Wildman–Crippen LogP) is 0.584. The maximum atomic E-state index is 12.4. The van der Waals surface area contributed by atoms with E-state index in [1.807, 2.05) is 37.2 Å². The van der Waals surface area contributed by atoms with E-state index in [2.05, 4.69) is 5.32 Å². The zero-order valence-corrected chi connectivity index (χ0v) is 14.1. The topological polar surface area (TPSA) is 71.1 Å². The summed E-state index contributed by atoms with van der Waals surface area (Å²) in [6.45, 7) is 1.97.